The fourth-order valence-electron chi connectivity index (χ4n) is 4.06. The first-order valence-corrected chi connectivity index (χ1v) is 9.63. The third-order valence-corrected chi connectivity index (χ3v) is 5.48. The van der Waals surface area contributed by atoms with Crippen LogP contribution in [0.3, 0.4) is 0 Å². The van der Waals surface area contributed by atoms with E-state index in [4.69, 9.17) is 0 Å². The van der Waals surface area contributed by atoms with Gasteiger partial charge in [0.15, 0.2) is 0 Å². The topological polar surface area (TPSA) is 3.24 Å². The molecule has 2 aromatic rings. The van der Waals surface area contributed by atoms with Crippen LogP contribution in [0, 0.1) is 5.92 Å². The summed E-state index contributed by atoms with van der Waals surface area (Å²) in [7, 11) is 0. The Hall–Kier alpha value is -1.60. The van der Waals surface area contributed by atoms with Crippen molar-refractivity contribution in [2.24, 2.45) is 5.92 Å². The van der Waals surface area contributed by atoms with Gasteiger partial charge < -0.3 is 0 Å². The van der Waals surface area contributed by atoms with E-state index in [9.17, 15) is 0 Å². The Labute approximate surface area is 147 Å². The summed E-state index contributed by atoms with van der Waals surface area (Å²) < 4.78 is 0. The van der Waals surface area contributed by atoms with E-state index in [0.29, 0.717) is 6.04 Å². The molecule has 1 unspecified atom stereocenters. The lowest BCUT2D eigenvalue weighted by atomic mass is 9.84. The first-order valence-electron chi connectivity index (χ1n) is 9.63. The third kappa shape index (κ3) is 5.21. The van der Waals surface area contributed by atoms with Gasteiger partial charge in [0, 0.05) is 19.1 Å². The molecule has 1 saturated carbocycles. The molecule has 0 bridgehead atoms. The van der Waals surface area contributed by atoms with Crippen LogP contribution in [0.1, 0.15) is 56.6 Å². The van der Waals surface area contributed by atoms with Crippen LogP contribution in [-0.2, 0) is 13.1 Å². The summed E-state index contributed by atoms with van der Waals surface area (Å²) in [4.78, 5) is 2.67. The molecular formula is C23H31N. The summed E-state index contributed by atoms with van der Waals surface area (Å²) in [5.74, 6) is 0.933. The Morgan fingerprint density at radius 2 is 1.29 bits per heavy atom. The summed E-state index contributed by atoms with van der Waals surface area (Å²) in [5, 5.41) is 0. The molecule has 128 valence electrons. The molecule has 0 amide bonds. The van der Waals surface area contributed by atoms with Crippen LogP contribution in [0.2, 0.25) is 0 Å². The number of benzene rings is 2. The molecule has 1 fully saturated rings. The van der Waals surface area contributed by atoms with Gasteiger partial charge in [-0.25, -0.2) is 0 Å². The number of hydrogen-bond acceptors (Lipinski definition) is 1. The zero-order valence-electron chi connectivity index (χ0n) is 15.0. The van der Waals surface area contributed by atoms with Crippen molar-refractivity contribution in [2.45, 2.75) is 64.6 Å². The molecule has 3 rings (SSSR count). The normalized spacial score (nSPS) is 17.1. The van der Waals surface area contributed by atoms with E-state index in [-0.39, 0.29) is 0 Å². The highest BCUT2D eigenvalue weighted by Crippen LogP contribution is 2.29. The SMILES string of the molecule is CC(CC1CCCCC1)N(Cc1ccccc1)Cc1ccccc1. The van der Waals surface area contributed by atoms with Gasteiger partial charge in [0.05, 0.1) is 0 Å². The highest BCUT2D eigenvalue weighted by Gasteiger charge is 2.21. The number of rotatable bonds is 7. The van der Waals surface area contributed by atoms with Crippen LogP contribution in [0.15, 0.2) is 60.7 Å². The van der Waals surface area contributed by atoms with Gasteiger partial charge in [0.2, 0.25) is 0 Å². The molecule has 0 saturated heterocycles. The molecule has 1 atom stereocenters. The highest BCUT2D eigenvalue weighted by molar-refractivity contribution is 5.17. The van der Waals surface area contributed by atoms with Crippen LogP contribution in [0.5, 0.6) is 0 Å². The monoisotopic (exact) mass is 321 g/mol. The molecular weight excluding hydrogens is 290 g/mol. The number of nitrogens with zero attached hydrogens (tertiary/aromatic N) is 1. The Balaban J connectivity index is 1.67. The average molecular weight is 322 g/mol. The molecule has 1 aliphatic carbocycles. The Bertz CT molecular complexity index is 530. The van der Waals surface area contributed by atoms with E-state index in [1.165, 1.54) is 49.7 Å². The summed E-state index contributed by atoms with van der Waals surface area (Å²) in [6, 6.07) is 22.5. The summed E-state index contributed by atoms with van der Waals surface area (Å²) >= 11 is 0. The van der Waals surface area contributed by atoms with Crippen molar-refractivity contribution in [3.63, 3.8) is 0 Å². The van der Waals surface area contributed by atoms with Crippen molar-refractivity contribution >= 4 is 0 Å². The second-order valence-electron chi connectivity index (χ2n) is 7.46. The van der Waals surface area contributed by atoms with Gasteiger partial charge in [-0.1, -0.05) is 92.8 Å². The highest BCUT2D eigenvalue weighted by atomic mass is 15.1. The molecule has 0 heterocycles. The third-order valence-electron chi connectivity index (χ3n) is 5.48. The van der Waals surface area contributed by atoms with Gasteiger partial charge in [0.1, 0.15) is 0 Å². The summed E-state index contributed by atoms with van der Waals surface area (Å²) in [5.41, 5.74) is 2.84. The molecule has 2 aromatic carbocycles. The fourth-order valence-corrected chi connectivity index (χ4v) is 4.06. The zero-order chi connectivity index (χ0) is 16.6. The maximum absolute atomic E-state index is 2.67. The van der Waals surface area contributed by atoms with E-state index in [0.717, 1.165) is 19.0 Å². The predicted molar refractivity (Wildman–Crippen MR) is 103 cm³/mol. The van der Waals surface area contributed by atoms with Crippen LogP contribution < -0.4 is 0 Å². The molecule has 0 aromatic heterocycles. The quantitative estimate of drug-likeness (QED) is 0.600. The van der Waals surface area contributed by atoms with Crippen molar-refractivity contribution in [2.75, 3.05) is 0 Å². The maximum Gasteiger partial charge on any atom is 0.0240 e. The van der Waals surface area contributed by atoms with Crippen molar-refractivity contribution in [3.05, 3.63) is 71.8 Å². The van der Waals surface area contributed by atoms with Crippen molar-refractivity contribution in [3.8, 4) is 0 Å². The first-order chi connectivity index (χ1) is 11.8. The van der Waals surface area contributed by atoms with Crippen LogP contribution in [-0.4, -0.2) is 10.9 Å². The van der Waals surface area contributed by atoms with Gasteiger partial charge in [-0.2, -0.15) is 0 Å². The van der Waals surface area contributed by atoms with Crippen LogP contribution in [0.4, 0.5) is 0 Å². The zero-order valence-corrected chi connectivity index (χ0v) is 15.0. The second-order valence-corrected chi connectivity index (χ2v) is 7.46. The summed E-state index contributed by atoms with van der Waals surface area (Å²) in [6.07, 6.45) is 8.55. The molecule has 0 aliphatic heterocycles. The first kappa shape index (κ1) is 17.2. The Kier molecular flexibility index (Phi) is 6.48. The van der Waals surface area contributed by atoms with Gasteiger partial charge >= 0.3 is 0 Å². The lowest BCUT2D eigenvalue weighted by Gasteiger charge is -2.33. The standard InChI is InChI=1S/C23H31N/c1-20(17-21-11-5-2-6-12-21)24(18-22-13-7-3-8-14-22)19-23-15-9-4-10-16-23/h3-4,7-10,13-16,20-21H,2,5-6,11-12,17-19H2,1H3. The van der Waals surface area contributed by atoms with E-state index in [2.05, 4.69) is 72.5 Å². The molecule has 24 heavy (non-hydrogen) atoms. The van der Waals surface area contributed by atoms with Gasteiger partial charge in [-0.3, -0.25) is 4.90 Å². The maximum atomic E-state index is 2.67. The Morgan fingerprint density at radius 1 is 0.792 bits per heavy atom. The van der Waals surface area contributed by atoms with E-state index >= 15 is 0 Å². The van der Waals surface area contributed by atoms with E-state index in [1.807, 2.05) is 0 Å². The molecule has 0 N–H and O–H groups in total. The lowest BCUT2D eigenvalue weighted by molar-refractivity contribution is 0.152. The second kappa shape index (κ2) is 9.03. The Morgan fingerprint density at radius 3 is 1.79 bits per heavy atom. The fraction of sp³-hybridized carbons (Fsp3) is 0.478. The van der Waals surface area contributed by atoms with Gasteiger partial charge in [0.25, 0.3) is 0 Å². The molecule has 1 heteroatoms. The summed E-state index contributed by atoms with van der Waals surface area (Å²) in [6.45, 7) is 4.52. The largest absolute Gasteiger partial charge is 0.292 e. The molecule has 1 aliphatic rings. The van der Waals surface area contributed by atoms with Crippen LogP contribution >= 0.6 is 0 Å². The smallest absolute Gasteiger partial charge is 0.0240 e. The molecule has 1 nitrogen and oxygen atoms in total. The minimum absolute atomic E-state index is 0.633. The average Bonchev–Trinajstić information content (AvgIpc) is 2.64. The van der Waals surface area contributed by atoms with Crippen molar-refractivity contribution in [1.29, 1.82) is 0 Å². The van der Waals surface area contributed by atoms with Crippen LogP contribution in [0.25, 0.3) is 0 Å². The number of hydrogen-bond donors (Lipinski definition) is 0. The van der Waals surface area contributed by atoms with E-state index in [1.54, 1.807) is 0 Å². The van der Waals surface area contributed by atoms with Crippen molar-refractivity contribution < 1.29 is 0 Å². The lowest BCUT2D eigenvalue weighted by Crippen LogP contribution is -2.34. The van der Waals surface area contributed by atoms with Crippen molar-refractivity contribution in [1.82, 2.24) is 4.90 Å². The molecule has 0 radical (unpaired) electrons. The van der Waals surface area contributed by atoms with Gasteiger partial charge in [-0.05, 0) is 30.4 Å². The van der Waals surface area contributed by atoms with E-state index < -0.39 is 0 Å². The minimum Gasteiger partial charge on any atom is -0.292 e. The predicted octanol–water partition coefficient (Wildman–Crippen LogP) is 6.05. The minimum atomic E-state index is 0.633. The molecule has 0 spiro atoms. The van der Waals surface area contributed by atoms with Gasteiger partial charge in [-0.15, -0.1) is 0 Å².